The van der Waals surface area contributed by atoms with E-state index in [2.05, 4.69) is 116 Å². The SMILES string of the molecule is Cc1cc(-c2cc(C(C)(C)C)cc(C(C)(C)C)c2[O-])n[nH]1.Cc1cc(-c2cc(C(C)(C)C)cc(C(C)(C)C)c2[O-])n[nH]1.[Cu+2]. The average molecular weight is 634 g/mol. The molecule has 0 amide bonds. The van der Waals surface area contributed by atoms with Crippen LogP contribution < -0.4 is 10.2 Å². The molecule has 1 radical (unpaired) electrons. The second-order valence-corrected chi connectivity index (χ2v) is 15.7. The van der Waals surface area contributed by atoms with E-state index in [1.165, 1.54) is 11.1 Å². The minimum Gasteiger partial charge on any atom is -0.872 e. The molecule has 0 fully saturated rings. The normalized spacial score (nSPS) is 12.4. The maximum absolute atomic E-state index is 12.9. The van der Waals surface area contributed by atoms with Crippen molar-refractivity contribution in [2.75, 3.05) is 0 Å². The number of hydrogen-bond acceptors (Lipinski definition) is 4. The maximum Gasteiger partial charge on any atom is 2.00 e. The molecule has 6 nitrogen and oxygen atoms in total. The van der Waals surface area contributed by atoms with Gasteiger partial charge in [0.05, 0.1) is 11.4 Å². The first-order valence-corrected chi connectivity index (χ1v) is 14.8. The van der Waals surface area contributed by atoms with Gasteiger partial charge in [0.1, 0.15) is 0 Å². The molecule has 2 N–H and O–H groups in total. The summed E-state index contributed by atoms with van der Waals surface area (Å²) < 4.78 is 0. The maximum atomic E-state index is 12.9. The molecule has 7 heteroatoms. The summed E-state index contributed by atoms with van der Waals surface area (Å²) in [4.78, 5) is 0. The van der Waals surface area contributed by atoms with Crippen molar-refractivity contribution in [3.8, 4) is 34.0 Å². The summed E-state index contributed by atoms with van der Waals surface area (Å²) in [6, 6.07) is 12.0. The number of hydrogen-bond donors (Lipinski definition) is 2. The van der Waals surface area contributed by atoms with E-state index >= 15 is 0 Å². The van der Waals surface area contributed by atoms with Crippen LogP contribution in [0, 0.1) is 13.8 Å². The zero-order valence-electron chi connectivity index (χ0n) is 28.5. The molecule has 2 aromatic heterocycles. The summed E-state index contributed by atoms with van der Waals surface area (Å²) in [5.74, 6) is 0.170. The molecule has 4 aromatic rings. The number of nitrogens with one attached hydrogen (secondary N) is 2. The largest absolute Gasteiger partial charge is 2.00 e. The first-order valence-electron chi connectivity index (χ1n) is 14.8. The van der Waals surface area contributed by atoms with Crippen molar-refractivity contribution in [2.24, 2.45) is 0 Å². The van der Waals surface area contributed by atoms with Crippen LogP contribution in [-0.2, 0) is 38.7 Å². The van der Waals surface area contributed by atoms with Gasteiger partial charge in [0.25, 0.3) is 0 Å². The Morgan fingerprint density at radius 2 is 0.791 bits per heavy atom. The third-order valence-electron chi connectivity index (χ3n) is 7.49. The fourth-order valence-electron chi connectivity index (χ4n) is 4.73. The third kappa shape index (κ3) is 8.55. The summed E-state index contributed by atoms with van der Waals surface area (Å²) in [6.07, 6.45) is 0. The molecule has 0 saturated carbocycles. The van der Waals surface area contributed by atoms with Crippen molar-refractivity contribution in [3.63, 3.8) is 0 Å². The molecule has 0 aliphatic heterocycles. The van der Waals surface area contributed by atoms with Gasteiger partial charge in [0.15, 0.2) is 0 Å². The Hall–Kier alpha value is -3.02. The molecule has 0 saturated heterocycles. The molecular formula is C36H50CuN4O2. The van der Waals surface area contributed by atoms with Crippen molar-refractivity contribution in [3.05, 3.63) is 70.0 Å². The van der Waals surface area contributed by atoms with Crippen LogP contribution in [0.3, 0.4) is 0 Å². The fraction of sp³-hybridized carbons (Fsp3) is 0.500. The van der Waals surface area contributed by atoms with Gasteiger partial charge in [-0.15, -0.1) is 0 Å². The molecule has 2 heterocycles. The van der Waals surface area contributed by atoms with Gasteiger partial charge < -0.3 is 10.2 Å². The second kappa shape index (κ2) is 12.5. The van der Waals surface area contributed by atoms with E-state index in [4.69, 9.17) is 0 Å². The van der Waals surface area contributed by atoms with Crippen LogP contribution in [-0.4, -0.2) is 20.4 Å². The van der Waals surface area contributed by atoms with Gasteiger partial charge in [-0.1, -0.05) is 107 Å². The van der Waals surface area contributed by atoms with Crippen molar-refractivity contribution in [1.82, 2.24) is 20.4 Å². The monoisotopic (exact) mass is 633 g/mol. The smallest absolute Gasteiger partial charge is 0.872 e. The van der Waals surface area contributed by atoms with Gasteiger partial charge >= 0.3 is 17.1 Å². The molecule has 43 heavy (non-hydrogen) atoms. The van der Waals surface area contributed by atoms with E-state index < -0.39 is 0 Å². The van der Waals surface area contributed by atoms with E-state index in [9.17, 15) is 10.2 Å². The van der Waals surface area contributed by atoms with E-state index in [-0.39, 0.29) is 50.2 Å². The predicted molar refractivity (Wildman–Crippen MR) is 171 cm³/mol. The standard InChI is InChI=1S/2C18H26N2O.Cu/c2*1-11-8-15(20-19-11)13-9-12(17(2,3)4)10-14(16(13)21)18(5,6)7;/h2*8-10,21H,1-7H3,(H,19,20);/q;;+2/p-2. The molecule has 2 aromatic carbocycles. The van der Waals surface area contributed by atoms with Crippen LogP contribution in [0.2, 0.25) is 0 Å². The summed E-state index contributed by atoms with van der Waals surface area (Å²) >= 11 is 0. The number of benzene rings is 2. The van der Waals surface area contributed by atoms with Crippen molar-refractivity contribution in [2.45, 2.75) is 119 Å². The molecule has 0 unspecified atom stereocenters. The Balaban J connectivity index is 0.000000293. The second-order valence-electron chi connectivity index (χ2n) is 15.7. The minimum atomic E-state index is -0.182. The molecule has 0 aliphatic carbocycles. The number of aromatic amines is 2. The van der Waals surface area contributed by atoms with Gasteiger partial charge in [0.2, 0.25) is 0 Å². The Morgan fingerprint density at radius 1 is 0.488 bits per heavy atom. The molecule has 0 atom stereocenters. The summed E-state index contributed by atoms with van der Waals surface area (Å²) in [6.45, 7) is 29.4. The van der Waals surface area contributed by atoms with E-state index in [0.29, 0.717) is 11.1 Å². The predicted octanol–water partition coefficient (Wildman–Crippen LogP) is 8.10. The average Bonchev–Trinajstić information content (AvgIpc) is 3.44. The first-order chi connectivity index (χ1) is 19.0. The minimum absolute atomic E-state index is 0. The zero-order chi connectivity index (χ0) is 32.0. The van der Waals surface area contributed by atoms with Crippen molar-refractivity contribution < 1.29 is 27.3 Å². The van der Waals surface area contributed by atoms with Crippen LogP contribution in [0.1, 0.15) is 117 Å². The number of aryl methyl sites for hydroxylation is 2. The summed E-state index contributed by atoms with van der Waals surface area (Å²) in [7, 11) is 0. The summed E-state index contributed by atoms with van der Waals surface area (Å²) in [5.41, 5.74) is 8.43. The fourth-order valence-corrected chi connectivity index (χ4v) is 4.73. The molecule has 237 valence electrons. The Kier molecular flexibility index (Phi) is 10.5. The third-order valence-corrected chi connectivity index (χ3v) is 7.49. The zero-order valence-corrected chi connectivity index (χ0v) is 29.4. The van der Waals surface area contributed by atoms with Gasteiger partial charge in [-0.3, -0.25) is 10.2 Å². The van der Waals surface area contributed by atoms with Crippen LogP contribution >= 0.6 is 0 Å². The van der Waals surface area contributed by atoms with E-state index in [0.717, 1.165) is 33.9 Å². The van der Waals surface area contributed by atoms with Crippen LogP contribution in [0.25, 0.3) is 22.5 Å². The molecule has 0 aliphatic rings. The van der Waals surface area contributed by atoms with Gasteiger partial charge in [-0.2, -0.15) is 10.2 Å². The van der Waals surface area contributed by atoms with Gasteiger partial charge in [-0.05, 0) is 93.2 Å². The number of nitrogens with zero attached hydrogens (tertiary/aromatic N) is 2. The Bertz CT molecular complexity index is 1430. The van der Waals surface area contributed by atoms with Crippen molar-refractivity contribution in [1.29, 1.82) is 0 Å². The first kappa shape index (κ1) is 36.2. The van der Waals surface area contributed by atoms with Crippen molar-refractivity contribution >= 4 is 0 Å². The molecule has 0 spiro atoms. The number of rotatable bonds is 2. The van der Waals surface area contributed by atoms with Gasteiger partial charge in [0, 0.05) is 11.4 Å². The topological polar surface area (TPSA) is 103 Å². The molecule has 4 rings (SSSR count). The number of aromatic nitrogens is 4. The van der Waals surface area contributed by atoms with Crippen LogP contribution in [0.4, 0.5) is 0 Å². The quantitative estimate of drug-likeness (QED) is 0.218. The Labute approximate surface area is 269 Å². The Morgan fingerprint density at radius 3 is 1.00 bits per heavy atom. The van der Waals surface area contributed by atoms with E-state index in [1.807, 2.05) is 38.1 Å². The van der Waals surface area contributed by atoms with E-state index in [1.54, 1.807) is 0 Å². The van der Waals surface area contributed by atoms with Gasteiger partial charge in [-0.25, -0.2) is 0 Å². The molecule has 0 bridgehead atoms. The van der Waals surface area contributed by atoms with Crippen LogP contribution in [0.15, 0.2) is 36.4 Å². The number of H-pyrrole nitrogens is 2. The molecular weight excluding hydrogens is 584 g/mol. The van der Waals surface area contributed by atoms with Crippen LogP contribution in [0.5, 0.6) is 11.5 Å². The summed E-state index contributed by atoms with van der Waals surface area (Å²) in [5, 5.41) is 40.1.